The molecule has 1 saturated heterocycles. The van der Waals surface area contributed by atoms with Gasteiger partial charge in [-0.05, 0) is 53.9 Å². The van der Waals surface area contributed by atoms with E-state index in [0.717, 1.165) is 29.1 Å². The number of para-hydroxylation sites is 1. The smallest absolute Gasteiger partial charge is 0.416 e. The van der Waals surface area contributed by atoms with Crippen molar-refractivity contribution >= 4 is 17.7 Å². The van der Waals surface area contributed by atoms with Crippen molar-refractivity contribution in [2.45, 2.75) is 18.6 Å². The molecule has 1 aliphatic rings. The maximum absolute atomic E-state index is 13.0. The summed E-state index contributed by atoms with van der Waals surface area (Å²) in [6, 6.07) is 22.0. The number of anilines is 1. The third-order valence-electron chi connectivity index (χ3n) is 5.64. The van der Waals surface area contributed by atoms with Crippen molar-refractivity contribution in [3.63, 3.8) is 0 Å². The number of carbonyl (C=O) groups is 1. The summed E-state index contributed by atoms with van der Waals surface area (Å²) in [4.78, 5) is 14.8. The summed E-state index contributed by atoms with van der Waals surface area (Å²) in [5.41, 5.74) is 1.82. The van der Waals surface area contributed by atoms with Gasteiger partial charge in [-0.1, -0.05) is 54.6 Å². The number of β-lactam (4-membered cyclic amide) rings is 1. The summed E-state index contributed by atoms with van der Waals surface area (Å²) < 4.78 is 43.4. The number of halogens is 3. The van der Waals surface area contributed by atoms with Gasteiger partial charge in [0.15, 0.2) is 0 Å². The van der Waals surface area contributed by atoms with E-state index in [1.807, 2.05) is 60.7 Å². The van der Waals surface area contributed by atoms with Crippen LogP contribution in [0.1, 0.15) is 29.2 Å². The molecule has 3 aromatic carbocycles. The Morgan fingerprint density at radius 3 is 2.19 bits per heavy atom. The Labute approximate surface area is 184 Å². The van der Waals surface area contributed by atoms with Crippen LogP contribution in [0.15, 0.2) is 84.9 Å². The van der Waals surface area contributed by atoms with Crippen molar-refractivity contribution in [1.29, 1.82) is 0 Å². The zero-order chi connectivity index (χ0) is 22.7. The summed E-state index contributed by atoms with van der Waals surface area (Å²) in [5.74, 6) is 0.507. The van der Waals surface area contributed by atoms with Crippen LogP contribution < -0.4 is 9.64 Å². The van der Waals surface area contributed by atoms with Gasteiger partial charge in [-0.3, -0.25) is 4.79 Å². The van der Waals surface area contributed by atoms with Crippen LogP contribution in [-0.4, -0.2) is 13.0 Å². The largest absolute Gasteiger partial charge is 0.497 e. The van der Waals surface area contributed by atoms with Gasteiger partial charge in [-0.2, -0.15) is 13.2 Å². The normalized spacial score (nSPS) is 18.6. The second kappa shape index (κ2) is 8.91. The van der Waals surface area contributed by atoms with Crippen LogP contribution in [0.5, 0.6) is 5.75 Å². The Kier molecular flexibility index (Phi) is 6.04. The van der Waals surface area contributed by atoms with Crippen LogP contribution in [0.4, 0.5) is 18.9 Å². The minimum Gasteiger partial charge on any atom is -0.497 e. The van der Waals surface area contributed by atoms with E-state index in [0.29, 0.717) is 12.0 Å². The van der Waals surface area contributed by atoms with Gasteiger partial charge in [-0.25, -0.2) is 0 Å². The molecule has 2 atom stereocenters. The first kappa shape index (κ1) is 21.7. The molecule has 0 unspecified atom stereocenters. The van der Waals surface area contributed by atoms with Crippen LogP contribution in [0.25, 0.3) is 6.08 Å². The first-order valence-electron chi connectivity index (χ1n) is 10.2. The van der Waals surface area contributed by atoms with Gasteiger partial charge >= 0.3 is 6.18 Å². The third kappa shape index (κ3) is 4.40. The predicted molar refractivity (Wildman–Crippen MR) is 118 cm³/mol. The zero-order valence-electron chi connectivity index (χ0n) is 17.4. The first-order chi connectivity index (χ1) is 15.4. The van der Waals surface area contributed by atoms with E-state index >= 15 is 0 Å². The average Bonchev–Trinajstić information content (AvgIpc) is 2.80. The van der Waals surface area contributed by atoms with Gasteiger partial charge < -0.3 is 9.64 Å². The summed E-state index contributed by atoms with van der Waals surface area (Å²) in [7, 11) is 1.60. The molecule has 32 heavy (non-hydrogen) atoms. The molecule has 3 nitrogen and oxygen atoms in total. The van der Waals surface area contributed by atoms with Crippen molar-refractivity contribution in [1.82, 2.24) is 0 Å². The van der Waals surface area contributed by atoms with Crippen LogP contribution >= 0.6 is 0 Å². The van der Waals surface area contributed by atoms with E-state index < -0.39 is 11.7 Å². The van der Waals surface area contributed by atoms with Crippen molar-refractivity contribution in [2.24, 2.45) is 5.92 Å². The highest BCUT2D eigenvalue weighted by Gasteiger charge is 2.47. The summed E-state index contributed by atoms with van der Waals surface area (Å²) in [6.07, 6.45) is -0.263. The standard InChI is InChI=1S/C26H22F3NO2/c1-32-22-16-12-19(13-17-22)24-23(25(31)30(24)21-7-3-2-4-8-21)9-5-6-18-10-14-20(15-11-18)26(27,28)29/h2-8,10-17,23-24H,9H2,1H3/b6-5+/t23-,24-/m1/s1. The Morgan fingerprint density at radius 1 is 0.938 bits per heavy atom. The Balaban J connectivity index is 1.53. The van der Waals surface area contributed by atoms with E-state index in [9.17, 15) is 18.0 Å². The third-order valence-corrected chi connectivity index (χ3v) is 5.64. The predicted octanol–water partition coefficient (Wildman–Crippen LogP) is 6.52. The molecule has 1 fully saturated rings. The number of benzene rings is 3. The van der Waals surface area contributed by atoms with E-state index in [-0.39, 0.29) is 17.9 Å². The molecule has 0 saturated carbocycles. The number of methoxy groups -OCH3 is 1. The van der Waals surface area contributed by atoms with E-state index in [4.69, 9.17) is 4.74 Å². The molecule has 0 aliphatic carbocycles. The molecule has 3 aromatic rings. The molecular weight excluding hydrogens is 415 g/mol. The molecule has 1 heterocycles. The Hall–Kier alpha value is -3.54. The number of allylic oxidation sites excluding steroid dienone is 1. The lowest BCUT2D eigenvalue weighted by Gasteiger charge is -2.47. The number of rotatable bonds is 6. The molecule has 0 radical (unpaired) electrons. The van der Waals surface area contributed by atoms with Crippen molar-refractivity contribution in [2.75, 3.05) is 12.0 Å². The SMILES string of the molecule is COc1ccc([C@@H]2[C@@H](C/C=C/c3ccc(C(F)(F)F)cc3)C(=O)N2c2ccccc2)cc1. The fraction of sp³-hybridized carbons (Fsp3) is 0.192. The number of hydrogen-bond donors (Lipinski definition) is 0. The lowest BCUT2D eigenvalue weighted by molar-refractivity contribution is -0.137. The summed E-state index contributed by atoms with van der Waals surface area (Å²) in [6.45, 7) is 0. The van der Waals surface area contributed by atoms with Gasteiger partial charge in [-0.15, -0.1) is 0 Å². The molecule has 0 N–H and O–H groups in total. The minimum atomic E-state index is -4.35. The fourth-order valence-electron chi connectivity index (χ4n) is 3.97. The van der Waals surface area contributed by atoms with Gasteiger partial charge in [0.05, 0.1) is 24.6 Å². The molecule has 0 spiro atoms. The Morgan fingerprint density at radius 2 is 1.59 bits per heavy atom. The molecule has 0 aromatic heterocycles. The lowest BCUT2D eigenvalue weighted by atomic mass is 9.79. The molecule has 1 amide bonds. The maximum Gasteiger partial charge on any atom is 0.416 e. The quantitative estimate of drug-likeness (QED) is 0.411. The molecule has 0 bridgehead atoms. The second-order valence-electron chi connectivity index (χ2n) is 7.63. The monoisotopic (exact) mass is 437 g/mol. The highest BCUT2D eigenvalue weighted by Crippen LogP contribution is 2.45. The van der Waals surface area contributed by atoms with Crippen LogP contribution in [0, 0.1) is 5.92 Å². The molecule has 4 rings (SSSR count). The molecule has 1 aliphatic heterocycles. The van der Waals surface area contributed by atoms with E-state index in [1.54, 1.807) is 18.1 Å². The van der Waals surface area contributed by atoms with Crippen LogP contribution in [0.3, 0.4) is 0 Å². The number of carbonyl (C=O) groups excluding carboxylic acids is 1. The highest BCUT2D eigenvalue weighted by atomic mass is 19.4. The van der Waals surface area contributed by atoms with Crippen molar-refractivity contribution in [3.05, 3.63) is 102 Å². The Bertz CT molecular complexity index is 1090. The highest BCUT2D eigenvalue weighted by molar-refractivity contribution is 6.03. The van der Waals surface area contributed by atoms with Crippen molar-refractivity contribution in [3.8, 4) is 5.75 Å². The minimum absolute atomic E-state index is 0.0223. The average molecular weight is 437 g/mol. The maximum atomic E-state index is 13.0. The number of nitrogens with zero attached hydrogens (tertiary/aromatic N) is 1. The molecular formula is C26H22F3NO2. The summed E-state index contributed by atoms with van der Waals surface area (Å²) >= 11 is 0. The molecule has 164 valence electrons. The van der Waals surface area contributed by atoms with E-state index in [2.05, 4.69) is 0 Å². The van der Waals surface area contributed by atoms with Gasteiger partial charge in [0, 0.05) is 5.69 Å². The summed E-state index contributed by atoms with van der Waals surface area (Å²) in [5, 5.41) is 0. The van der Waals surface area contributed by atoms with Gasteiger partial charge in [0.2, 0.25) is 5.91 Å². The zero-order valence-corrected chi connectivity index (χ0v) is 17.4. The second-order valence-corrected chi connectivity index (χ2v) is 7.63. The van der Waals surface area contributed by atoms with E-state index in [1.165, 1.54) is 12.1 Å². The number of hydrogen-bond acceptors (Lipinski definition) is 2. The molecule has 6 heteroatoms. The van der Waals surface area contributed by atoms with Crippen molar-refractivity contribution < 1.29 is 22.7 Å². The van der Waals surface area contributed by atoms with Gasteiger partial charge in [0.25, 0.3) is 0 Å². The topological polar surface area (TPSA) is 29.5 Å². The van der Waals surface area contributed by atoms with Crippen LogP contribution in [-0.2, 0) is 11.0 Å². The first-order valence-corrected chi connectivity index (χ1v) is 10.2. The number of alkyl halides is 3. The van der Waals surface area contributed by atoms with Gasteiger partial charge in [0.1, 0.15) is 5.75 Å². The fourth-order valence-corrected chi connectivity index (χ4v) is 3.97. The van der Waals surface area contributed by atoms with Crippen LogP contribution in [0.2, 0.25) is 0 Å². The number of amides is 1. The number of ether oxygens (including phenoxy) is 1. The lowest BCUT2D eigenvalue weighted by Crippen LogP contribution is -2.55.